The molecular formula is C12H14ClN3O. The Bertz CT molecular complexity index is 442. The number of nitrogens with zero attached hydrogens (tertiary/aromatic N) is 2. The maximum Gasteiger partial charge on any atom is 0.321 e. The third-order valence-corrected chi connectivity index (χ3v) is 2.43. The van der Waals surface area contributed by atoms with E-state index in [1.54, 1.807) is 38.2 Å². The minimum atomic E-state index is -0.255. The molecule has 1 atom stereocenters. The van der Waals surface area contributed by atoms with Crippen LogP contribution in [0.25, 0.3) is 0 Å². The van der Waals surface area contributed by atoms with Gasteiger partial charge in [0.1, 0.15) is 0 Å². The van der Waals surface area contributed by atoms with Crippen molar-refractivity contribution in [1.82, 2.24) is 4.90 Å². The van der Waals surface area contributed by atoms with Gasteiger partial charge in [-0.15, -0.1) is 0 Å². The van der Waals surface area contributed by atoms with Crippen molar-refractivity contribution in [3.63, 3.8) is 0 Å². The number of carbonyl (C=O) groups excluding carboxylic acids is 1. The maximum atomic E-state index is 11.7. The lowest BCUT2D eigenvalue weighted by atomic mass is 10.2. The lowest BCUT2D eigenvalue weighted by Crippen LogP contribution is -2.34. The second-order valence-corrected chi connectivity index (χ2v) is 4.29. The van der Waals surface area contributed by atoms with Crippen LogP contribution in [0.5, 0.6) is 0 Å². The van der Waals surface area contributed by atoms with Crippen molar-refractivity contribution >= 4 is 23.3 Å². The van der Waals surface area contributed by atoms with Crippen LogP contribution in [0.1, 0.15) is 6.92 Å². The highest BCUT2D eigenvalue weighted by Crippen LogP contribution is 2.15. The van der Waals surface area contributed by atoms with E-state index in [9.17, 15) is 4.79 Å². The SMILES string of the molecule is CC(C#N)CN(C)C(=O)Nc1cccc(Cl)c1. The summed E-state index contributed by atoms with van der Waals surface area (Å²) in [4.78, 5) is 13.2. The first-order valence-electron chi connectivity index (χ1n) is 5.20. The Morgan fingerprint density at radius 1 is 1.65 bits per heavy atom. The number of nitriles is 1. The van der Waals surface area contributed by atoms with Gasteiger partial charge in [-0.2, -0.15) is 5.26 Å². The normalized spacial score (nSPS) is 11.4. The summed E-state index contributed by atoms with van der Waals surface area (Å²) in [5, 5.41) is 11.9. The van der Waals surface area contributed by atoms with E-state index >= 15 is 0 Å². The van der Waals surface area contributed by atoms with E-state index in [1.807, 2.05) is 0 Å². The molecule has 90 valence electrons. The van der Waals surface area contributed by atoms with E-state index in [4.69, 9.17) is 16.9 Å². The van der Waals surface area contributed by atoms with Gasteiger partial charge in [0.15, 0.2) is 0 Å². The van der Waals surface area contributed by atoms with Crippen LogP contribution >= 0.6 is 11.6 Å². The average Bonchev–Trinajstić information content (AvgIpc) is 2.28. The molecule has 1 rings (SSSR count). The van der Waals surface area contributed by atoms with Crippen LogP contribution in [-0.2, 0) is 0 Å². The standard InChI is InChI=1S/C12H14ClN3O/c1-9(7-14)8-16(2)12(17)15-11-5-3-4-10(13)6-11/h3-6,9H,8H2,1-2H3,(H,15,17). The first kappa shape index (κ1) is 13.3. The maximum absolute atomic E-state index is 11.7. The molecule has 0 fully saturated rings. The fraction of sp³-hybridized carbons (Fsp3) is 0.333. The van der Waals surface area contributed by atoms with Crippen LogP contribution in [0, 0.1) is 17.2 Å². The van der Waals surface area contributed by atoms with Gasteiger partial charge < -0.3 is 10.2 Å². The van der Waals surface area contributed by atoms with Gasteiger partial charge in [0.05, 0.1) is 12.0 Å². The summed E-state index contributed by atoms with van der Waals surface area (Å²) in [6.45, 7) is 2.16. The fourth-order valence-electron chi connectivity index (χ4n) is 1.32. The molecule has 1 aromatic rings. The molecule has 0 radical (unpaired) electrons. The van der Waals surface area contributed by atoms with E-state index in [-0.39, 0.29) is 11.9 Å². The number of nitrogens with one attached hydrogen (secondary N) is 1. The highest BCUT2D eigenvalue weighted by Gasteiger charge is 2.11. The molecule has 4 nitrogen and oxygen atoms in total. The molecule has 0 heterocycles. The minimum absolute atomic E-state index is 0.190. The Kier molecular flexibility index (Phi) is 4.80. The molecule has 0 spiro atoms. The zero-order chi connectivity index (χ0) is 12.8. The molecule has 1 unspecified atom stereocenters. The van der Waals surface area contributed by atoms with Gasteiger partial charge in [-0.3, -0.25) is 0 Å². The molecule has 2 amide bonds. The molecule has 0 aliphatic heterocycles. The number of urea groups is 1. The van der Waals surface area contributed by atoms with Crippen molar-refractivity contribution in [2.75, 3.05) is 18.9 Å². The van der Waals surface area contributed by atoms with E-state index in [0.717, 1.165) is 0 Å². The Morgan fingerprint density at radius 3 is 2.94 bits per heavy atom. The minimum Gasteiger partial charge on any atom is -0.326 e. The van der Waals surface area contributed by atoms with Crippen LogP contribution in [0.15, 0.2) is 24.3 Å². The van der Waals surface area contributed by atoms with Crippen molar-refractivity contribution in [3.8, 4) is 6.07 Å². The molecule has 0 saturated carbocycles. The molecule has 0 saturated heterocycles. The Balaban J connectivity index is 2.58. The Hall–Kier alpha value is -1.73. The fourth-order valence-corrected chi connectivity index (χ4v) is 1.51. The lowest BCUT2D eigenvalue weighted by Gasteiger charge is -2.18. The van der Waals surface area contributed by atoms with Gasteiger partial charge in [-0.05, 0) is 25.1 Å². The Labute approximate surface area is 106 Å². The van der Waals surface area contributed by atoms with Crippen LogP contribution in [0.3, 0.4) is 0 Å². The van der Waals surface area contributed by atoms with Gasteiger partial charge >= 0.3 is 6.03 Å². The molecule has 0 aliphatic rings. The second kappa shape index (κ2) is 6.12. The topological polar surface area (TPSA) is 56.1 Å². The molecule has 1 N–H and O–H groups in total. The summed E-state index contributed by atoms with van der Waals surface area (Å²) in [6, 6.07) is 8.74. The van der Waals surface area contributed by atoms with Gasteiger partial charge in [-0.1, -0.05) is 17.7 Å². The number of benzene rings is 1. The monoisotopic (exact) mass is 251 g/mol. The second-order valence-electron chi connectivity index (χ2n) is 3.85. The van der Waals surface area contributed by atoms with Crippen molar-refractivity contribution in [1.29, 1.82) is 5.26 Å². The van der Waals surface area contributed by atoms with Crippen molar-refractivity contribution in [3.05, 3.63) is 29.3 Å². The highest BCUT2D eigenvalue weighted by atomic mass is 35.5. The van der Waals surface area contributed by atoms with Gasteiger partial charge in [0.25, 0.3) is 0 Å². The van der Waals surface area contributed by atoms with Crippen molar-refractivity contribution in [2.45, 2.75) is 6.92 Å². The van der Waals surface area contributed by atoms with Crippen LogP contribution < -0.4 is 5.32 Å². The first-order valence-corrected chi connectivity index (χ1v) is 5.58. The molecule has 0 aromatic heterocycles. The zero-order valence-corrected chi connectivity index (χ0v) is 10.5. The molecule has 0 bridgehead atoms. The third-order valence-electron chi connectivity index (χ3n) is 2.19. The summed E-state index contributed by atoms with van der Waals surface area (Å²) in [7, 11) is 1.65. The van der Waals surface area contributed by atoms with Gasteiger partial charge in [0, 0.05) is 24.3 Å². The number of hydrogen-bond donors (Lipinski definition) is 1. The predicted octanol–water partition coefficient (Wildman–Crippen LogP) is 2.96. The summed E-state index contributed by atoms with van der Waals surface area (Å²) < 4.78 is 0. The summed E-state index contributed by atoms with van der Waals surface area (Å²) in [6.07, 6.45) is 0. The number of anilines is 1. The molecule has 1 aromatic carbocycles. The number of rotatable bonds is 3. The lowest BCUT2D eigenvalue weighted by molar-refractivity contribution is 0.219. The number of hydrogen-bond acceptors (Lipinski definition) is 2. The zero-order valence-electron chi connectivity index (χ0n) is 9.77. The molecule has 0 aliphatic carbocycles. The Morgan fingerprint density at radius 2 is 2.35 bits per heavy atom. The van der Waals surface area contributed by atoms with Crippen molar-refractivity contribution < 1.29 is 4.79 Å². The third kappa shape index (κ3) is 4.33. The first-order chi connectivity index (χ1) is 8.02. The molecule has 5 heteroatoms. The van der Waals surface area contributed by atoms with Crippen LogP contribution in [0.2, 0.25) is 5.02 Å². The smallest absolute Gasteiger partial charge is 0.321 e. The van der Waals surface area contributed by atoms with E-state index < -0.39 is 0 Å². The van der Waals surface area contributed by atoms with Crippen molar-refractivity contribution in [2.24, 2.45) is 5.92 Å². The van der Waals surface area contributed by atoms with Crippen LogP contribution in [0.4, 0.5) is 10.5 Å². The van der Waals surface area contributed by atoms with E-state index in [1.165, 1.54) is 4.90 Å². The van der Waals surface area contributed by atoms with Gasteiger partial charge in [-0.25, -0.2) is 4.79 Å². The average molecular weight is 252 g/mol. The highest BCUT2D eigenvalue weighted by molar-refractivity contribution is 6.30. The number of amides is 2. The summed E-state index contributed by atoms with van der Waals surface area (Å²) in [5.74, 6) is -0.190. The van der Waals surface area contributed by atoms with E-state index in [2.05, 4.69) is 11.4 Å². The number of halogens is 1. The molecular weight excluding hydrogens is 238 g/mol. The van der Waals surface area contributed by atoms with Gasteiger partial charge in [0.2, 0.25) is 0 Å². The quantitative estimate of drug-likeness (QED) is 0.898. The van der Waals surface area contributed by atoms with E-state index in [0.29, 0.717) is 17.3 Å². The largest absolute Gasteiger partial charge is 0.326 e. The predicted molar refractivity (Wildman–Crippen MR) is 67.9 cm³/mol. The van der Waals surface area contributed by atoms with Crippen LogP contribution in [-0.4, -0.2) is 24.5 Å². The summed E-state index contributed by atoms with van der Waals surface area (Å²) in [5.41, 5.74) is 0.638. The molecule has 17 heavy (non-hydrogen) atoms. The summed E-state index contributed by atoms with van der Waals surface area (Å²) >= 11 is 5.81. The number of carbonyl (C=O) groups is 1.